The van der Waals surface area contributed by atoms with E-state index in [-0.39, 0.29) is 13.1 Å². The number of aromatic nitrogens is 2. The summed E-state index contributed by atoms with van der Waals surface area (Å²) in [6.45, 7) is 0.935. The molecule has 0 spiro atoms. The molecule has 0 aliphatic carbocycles. The third-order valence-corrected chi connectivity index (χ3v) is 2.55. The molecule has 1 rings (SSSR count). The molecule has 0 aromatic carbocycles. The van der Waals surface area contributed by atoms with E-state index in [9.17, 15) is 0 Å². The molecule has 15 heavy (non-hydrogen) atoms. The van der Waals surface area contributed by atoms with Gasteiger partial charge in [0.1, 0.15) is 5.01 Å². The van der Waals surface area contributed by atoms with Crippen LogP contribution in [0.15, 0.2) is 0 Å². The molecule has 7 heteroatoms. The first-order valence-electron chi connectivity index (χ1n) is 4.26. The molecule has 1 aromatic heterocycles. The number of nitrogens with zero attached hydrogens (tertiary/aromatic N) is 5. The van der Waals surface area contributed by atoms with Crippen LogP contribution in [0.4, 0.5) is 5.13 Å². The lowest BCUT2D eigenvalue weighted by Crippen LogP contribution is -2.23. The first kappa shape index (κ1) is 11.4. The van der Waals surface area contributed by atoms with Gasteiger partial charge in [-0.05, 0) is 0 Å². The Labute approximate surface area is 91.8 Å². The average Bonchev–Trinajstić information content (AvgIpc) is 2.66. The van der Waals surface area contributed by atoms with Crippen molar-refractivity contribution in [3.05, 3.63) is 5.01 Å². The van der Waals surface area contributed by atoms with Crippen molar-refractivity contribution in [3.63, 3.8) is 0 Å². The summed E-state index contributed by atoms with van der Waals surface area (Å²) in [4.78, 5) is 1.71. The summed E-state index contributed by atoms with van der Waals surface area (Å²) in [5.74, 6) is 0. The van der Waals surface area contributed by atoms with E-state index in [1.54, 1.807) is 11.9 Å². The molecule has 0 amide bonds. The van der Waals surface area contributed by atoms with Gasteiger partial charge in [-0.3, -0.25) is 4.90 Å². The predicted octanol–water partition coefficient (Wildman–Crippen LogP) is 0.429. The normalized spacial score (nSPS) is 9.60. The minimum absolute atomic E-state index is 0.224. The van der Waals surface area contributed by atoms with Crippen molar-refractivity contribution < 1.29 is 0 Å². The summed E-state index contributed by atoms with van der Waals surface area (Å²) in [6.07, 6.45) is 0. The molecule has 0 bridgehead atoms. The fourth-order valence-electron chi connectivity index (χ4n) is 0.978. The third-order valence-electron chi connectivity index (χ3n) is 1.63. The highest BCUT2D eigenvalue weighted by Crippen LogP contribution is 2.15. The Morgan fingerprint density at radius 2 is 2.00 bits per heavy atom. The van der Waals surface area contributed by atoms with Crippen LogP contribution >= 0.6 is 11.3 Å². The standard InChI is InChI=1S/C8H10N6S/c1-11-8-13-12-7(15-8)6-14(4-2-9)5-3-10/h4-6H2,1H3,(H,11,13). The number of rotatable bonds is 5. The lowest BCUT2D eigenvalue weighted by atomic mass is 10.5. The van der Waals surface area contributed by atoms with Crippen LogP contribution in [-0.4, -0.2) is 35.2 Å². The van der Waals surface area contributed by atoms with Gasteiger partial charge in [-0.25, -0.2) is 0 Å². The van der Waals surface area contributed by atoms with Gasteiger partial charge < -0.3 is 5.32 Å². The molecule has 6 nitrogen and oxygen atoms in total. The van der Waals surface area contributed by atoms with Gasteiger partial charge in [0, 0.05) is 7.05 Å². The van der Waals surface area contributed by atoms with E-state index in [0.29, 0.717) is 6.54 Å². The third kappa shape index (κ3) is 3.50. The van der Waals surface area contributed by atoms with Crippen LogP contribution in [-0.2, 0) is 6.54 Å². The zero-order valence-electron chi connectivity index (χ0n) is 8.27. The SMILES string of the molecule is CNc1nnc(CN(CC#N)CC#N)s1. The molecular formula is C8H10N6S. The van der Waals surface area contributed by atoms with Gasteiger partial charge in [-0.15, -0.1) is 10.2 Å². The van der Waals surface area contributed by atoms with E-state index in [0.717, 1.165) is 10.1 Å². The Balaban J connectivity index is 2.58. The van der Waals surface area contributed by atoms with Gasteiger partial charge in [0.05, 0.1) is 31.8 Å². The van der Waals surface area contributed by atoms with Gasteiger partial charge in [-0.1, -0.05) is 11.3 Å². The minimum Gasteiger partial charge on any atom is -0.363 e. The summed E-state index contributed by atoms with van der Waals surface area (Å²) >= 11 is 1.42. The van der Waals surface area contributed by atoms with Crippen LogP contribution in [0.5, 0.6) is 0 Å². The van der Waals surface area contributed by atoms with Crippen molar-refractivity contribution in [2.24, 2.45) is 0 Å². The summed E-state index contributed by atoms with van der Waals surface area (Å²) in [5.41, 5.74) is 0. The minimum atomic E-state index is 0.224. The van der Waals surface area contributed by atoms with Crippen LogP contribution in [0.1, 0.15) is 5.01 Å². The Morgan fingerprint density at radius 1 is 1.33 bits per heavy atom. The van der Waals surface area contributed by atoms with Gasteiger partial charge in [0.15, 0.2) is 0 Å². The number of hydrogen-bond donors (Lipinski definition) is 1. The number of anilines is 1. The molecule has 0 saturated carbocycles. The van der Waals surface area contributed by atoms with Crippen LogP contribution in [0.3, 0.4) is 0 Å². The van der Waals surface area contributed by atoms with Crippen molar-refractivity contribution in [1.82, 2.24) is 15.1 Å². The molecule has 1 aromatic rings. The predicted molar refractivity (Wildman–Crippen MR) is 56.0 cm³/mol. The number of hydrogen-bond acceptors (Lipinski definition) is 7. The summed E-state index contributed by atoms with van der Waals surface area (Å²) < 4.78 is 0. The summed E-state index contributed by atoms with van der Waals surface area (Å²) in [5, 5.41) is 29.3. The maximum atomic E-state index is 8.55. The molecule has 0 atom stereocenters. The molecule has 0 saturated heterocycles. The fourth-order valence-corrected chi connectivity index (χ4v) is 1.71. The highest BCUT2D eigenvalue weighted by Gasteiger charge is 2.09. The highest BCUT2D eigenvalue weighted by molar-refractivity contribution is 7.15. The van der Waals surface area contributed by atoms with Gasteiger partial charge in [0.25, 0.3) is 0 Å². The molecule has 0 unspecified atom stereocenters. The van der Waals surface area contributed by atoms with Crippen molar-refractivity contribution in [2.75, 3.05) is 25.5 Å². The van der Waals surface area contributed by atoms with Crippen molar-refractivity contribution in [2.45, 2.75) is 6.54 Å². The Hall–Kier alpha value is -1.70. The van der Waals surface area contributed by atoms with Crippen LogP contribution in [0, 0.1) is 22.7 Å². The van der Waals surface area contributed by atoms with Crippen LogP contribution < -0.4 is 5.32 Å². The van der Waals surface area contributed by atoms with E-state index in [4.69, 9.17) is 10.5 Å². The fraction of sp³-hybridized carbons (Fsp3) is 0.500. The molecule has 0 radical (unpaired) electrons. The van der Waals surface area contributed by atoms with Crippen LogP contribution in [0.25, 0.3) is 0 Å². The second-order valence-corrected chi connectivity index (χ2v) is 3.77. The van der Waals surface area contributed by atoms with E-state index >= 15 is 0 Å². The molecule has 0 fully saturated rings. The first-order valence-corrected chi connectivity index (χ1v) is 5.08. The van der Waals surface area contributed by atoms with Crippen molar-refractivity contribution in [3.8, 4) is 12.1 Å². The maximum Gasteiger partial charge on any atom is 0.205 e. The lowest BCUT2D eigenvalue weighted by molar-refractivity contribution is 0.333. The molecule has 1 heterocycles. The Morgan fingerprint density at radius 3 is 2.47 bits per heavy atom. The first-order chi connectivity index (χ1) is 7.30. The number of nitrogens with one attached hydrogen (secondary N) is 1. The Kier molecular flexibility index (Phi) is 4.48. The zero-order valence-corrected chi connectivity index (χ0v) is 9.08. The van der Waals surface area contributed by atoms with E-state index in [1.165, 1.54) is 11.3 Å². The largest absolute Gasteiger partial charge is 0.363 e. The lowest BCUT2D eigenvalue weighted by Gasteiger charge is -2.11. The van der Waals surface area contributed by atoms with E-state index in [1.807, 2.05) is 12.1 Å². The van der Waals surface area contributed by atoms with E-state index < -0.39 is 0 Å². The Bertz CT molecular complexity index is 371. The summed E-state index contributed by atoms with van der Waals surface area (Å²) in [6, 6.07) is 4.02. The molecule has 0 aliphatic heterocycles. The van der Waals surface area contributed by atoms with Gasteiger partial charge >= 0.3 is 0 Å². The topological polar surface area (TPSA) is 88.6 Å². The van der Waals surface area contributed by atoms with Crippen molar-refractivity contribution in [1.29, 1.82) is 10.5 Å². The average molecular weight is 222 g/mol. The monoisotopic (exact) mass is 222 g/mol. The zero-order chi connectivity index (χ0) is 11.1. The van der Waals surface area contributed by atoms with Gasteiger partial charge in [0.2, 0.25) is 5.13 Å². The quantitative estimate of drug-likeness (QED) is 0.727. The molecule has 1 N–H and O–H groups in total. The second-order valence-electron chi connectivity index (χ2n) is 2.71. The molecular weight excluding hydrogens is 212 g/mol. The van der Waals surface area contributed by atoms with Gasteiger partial charge in [-0.2, -0.15) is 10.5 Å². The van der Waals surface area contributed by atoms with Crippen LogP contribution in [0.2, 0.25) is 0 Å². The van der Waals surface area contributed by atoms with E-state index in [2.05, 4.69) is 15.5 Å². The van der Waals surface area contributed by atoms with Crippen molar-refractivity contribution >= 4 is 16.5 Å². The molecule has 78 valence electrons. The number of nitriles is 2. The second kappa shape index (κ2) is 5.91. The maximum absolute atomic E-state index is 8.55. The highest BCUT2D eigenvalue weighted by atomic mass is 32.1. The molecule has 0 aliphatic rings. The summed E-state index contributed by atoms with van der Waals surface area (Å²) in [7, 11) is 1.77. The smallest absolute Gasteiger partial charge is 0.205 e.